The van der Waals surface area contributed by atoms with Crippen LogP contribution in [0, 0.1) is 0 Å². The summed E-state index contributed by atoms with van der Waals surface area (Å²) >= 11 is 28.9. The van der Waals surface area contributed by atoms with E-state index in [-0.39, 0.29) is 0 Å². The van der Waals surface area contributed by atoms with Gasteiger partial charge < -0.3 is 9.80 Å². The fourth-order valence-corrected chi connectivity index (χ4v) is 5.15. The molecule has 32 heavy (non-hydrogen) atoms. The first-order valence-electron chi connectivity index (χ1n) is 12.6. The van der Waals surface area contributed by atoms with Crippen molar-refractivity contribution in [3.05, 3.63) is 0 Å². The lowest BCUT2D eigenvalue weighted by molar-refractivity contribution is 0.395. The van der Waals surface area contributed by atoms with Crippen LogP contribution in [0.1, 0.15) is 89.9 Å². The summed E-state index contributed by atoms with van der Waals surface area (Å²) in [5.74, 6) is 3.84. The van der Waals surface area contributed by atoms with E-state index in [4.69, 9.17) is 24.4 Å². The number of thiol groups is 4. The average Bonchev–Trinajstić information content (AvgIpc) is 2.79. The zero-order chi connectivity index (χ0) is 23.9. The van der Waals surface area contributed by atoms with E-state index < -0.39 is 0 Å². The van der Waals surface area contributed by atoms with Crippen LogP contribution in [0.4, 0.5) is 0 Å². The second kappa shape index (κ2) is 25.3. The van der Waals surface area contributed by atoms with Gasteiger partial charge >= 0.3 is 0 Å². The molecule has 0 fully saturated rings. The Morgan fingerprint density at radius 2 is 0.688 bits per heavy atom. The largest absolute Gasteiger partial charge is 0.366 e. The van der Waals surface area contributed by atoms with Crippen LogP contribution in [-0.2, 0) is 0 Å². The third-order valence-electron chi connectivity index (χ3n) is 5.58. The van der Waals surface area contributed by atoms with Crippen LogP contribution >= 0.6 is 75.0 Å². The van der Waals surface area contributed by atoms with E-state index >= 15 is 0 Å². The monoisotopic (exact) mass is 556 g/mol. The molecule has 0 N–H and O–H groups in total. The second-order valence-electron chi connectivity index (χ2n) is 8.40. The minimum absolute atomic E-state index is 0.959. The Morgan fingerprint density at radius 1 is 0.406 bits per heavy atom. The number of thiocarbonyl (C=S) groups is 2. The maximum atomic E-state index is 5.78. The van der Waals surface area contributed by atoms with E-state index in [0.29, 0.717) is 0 Å². The highest BCUT2D eigenvalue weighted by molar-refractivity contribution is 7.81. The van der Waals surface area contributed by atoms with E-state index in [1.807, 2.05) is 0 Å². The van der Waals surface area contributed by atoms with Crippen LogP contribution in [0.5, 0.6) is 0 Å². The molecule has 0 aliphatic carbocycles. The van der Waals surface area contributed by atoms with Crippen molar-refractivity contribution in [2.75, 3.05) is 49.2 Å². The number of hydrogen-bond donors (Lipinski definition) is 4. The van der Waals surface area contributed by atoms with E-state index in [1.165, 1.54) is 51.4 Å². The first-order valence-corrected chi connectivity index (χ1v) is 15.9. The smallest absolute Gasteiger partial charge is 0.0779 e. The van der Waals surface area contributed by atoms with Gasteiger partial charge in [-0.05, 0) is 100 Å². The molecular formula is C24H48N2S6. The first-order chi connectivity index (χ1) is 15.6. The van der Waals surface area contributed by atoms with Gasteiger partial charge in [0.25, 0.3) is 0 Å². The maximum absolute atomic E-state index is 5.78. The SMILES string of the molecule is S=C(CCCCCCC(=S)N(CCCCS)CCCCS)N(CCCCS)CCCCS. The zero-order valence-electron chi connectivity index (χ0n) is 20.1. The zero-order valence-corrected chi connectivity index (χ0v) is 25.3. The third-order valence-corrected chi connectivity index (χ3v) is 7.77. The highest BCUT2D eigenvalue weighted by Crippen LogP contribution is 2.13. The summed E-state index contributed by atoms with van der Waals surface area (Å²) < 4.78 is 0. The normalized spacial score (nSPS) is 11.0. The molecular weight excluding hydrogens is 509 g/mol. The summed E-state index contributed by atoms with van der Waals surface area (Å²) in [4.78, 5) is 7.17. The highest BCUT2D eigenvalue weighted by atomic mass is 32.1. The molecule has 0 unspecified atom stereocenters. The first kappa shape index (κ1) is 33.2. The molecule has 0 amide bonds. The van der Waals surface area contributed by atoms with Gasteiger partial charge in [0.05, 0.1) is 9.98 Å². The van der Waals surface area contributed by atoms with E-state index in [9.17, 15) is 0 Å². The van der Waals surface area contributed by atoms with Gasteiger partial charge in [-0.15, -0.1) is 0 Å². The second-order valence-corrected chi connectivity index (χ2v) is 11.1. The van der Waals surface area contributed by atoms with Crippen molar-refractivity contribution >= 4 is 84.9 Å². The lowest BCUT2D eigenvalue weighted by atomic mass is 10.1. The fourth-order valence-electron chi connectivity index (χ4n) is 3.60. The maximum Gasteiger partial charge on any atom is 0.0779 e. The number of unbranched alkanes of at least 4 members (excludes halogenated alkanes) is 7. The summed E-state index contributed by atoms with van der Waals surface area (Å²) in [6, 6.07) is 0. The molecule has 0 saturated heterocycles. The molecule has 0 aliphatic heterocycles. The fraction of sp³-hybridized carbons (Fsp3) is 0.917. The standard InChI is InChI=1S/C24H48N2S6/c27-19-9-5-15-25(16-6-10-20-28)23(31)13-3-1-2-4-14-24(32)26(17-7-11-21-29)18-8-12-22-30/h27-30H,1-22H2. The van der Waals surface area contributed by atoms with Gasteiger partial charge in [-0.3, -0.25) is 0 Å². The molecule has 0 aromatic heterocycles. The Bertz CT molecular complexity index is 390. The molecule has 0 atom stereocenters. The van der Waals surface area contributed by atoms with E-state index in [0.717, 1.165) is 97.7 Å². The minimum Gasteiger partial charge on any atom is -0.366 e. The van der Waals surface area contributed by atoms with Gasteiger partial charge in [-0.25, -0.2) is 0 Å². The lowest BCUT2D eigenvalue weighted by Gasteiger charge is -2.26. The van der Waals surface area contributed by atoms with Crippen LogP contribution < -0.4 is 0 Å². The predicted molar refractivity (Wildman–Crippen MR) is 168 cm³/mol. The summed E-state index contributed by atoms with van der Waals surface area (Å²) in [7, 11) is 0. The topological polar surface area (TPSA) is 6.48 Å². The van der Waals surface area contributed by atoms with Crippen LogP contribution in [0.25, 0.3) is 0 Å². The quantitative estimate of drug-likeness (QED) is 0.0590. The molecule has 0 radical (unpaired) electrons. The number of rotatable bonds is 23. The van der Waals surface area contributed by atoms with Gasteiger partial charge in [0.15, 0.2) is 0 Å². The van der Waals surface area contributed by atoms with Crippen LogP contribution in [0.2, 0.25) is 0 Å². The lowest BCUT2D eigenvalue weighted by Crippen LogP contribution is -2.32. The summed E-state index contributed by atoms with van der Waals surface area (Å²) in [6.07, 6.45) is 16.3. The third kappa shape index (κ3) is 19.5. The molecule has 0 aromatic rings. The van der Waals surface area contributed by atoms with Crippen molar-refractivity contribution in [2.45, 2.75) is 89.9 Å². The van der Waals surface area contributed by atoms with Gasteiger partial charge in [0.1, 0.15) is 0 Å². The molecule has 0 aromatic carbocycles. The summed E-state index contributed by atoms with van der Waals surface area (Å²) in [6.45, 7) is 4.32. The van der Waals surface area contributed by atoms with Crippen molar-refractivity contribution in [3.63, 3.8) is 0 Å². The van der Waals surface area contributed by atoms with Gasteiger partial charge in [0, 0.05) is 26.2 Å². The molecule has 0 rings (SSSR count). The van der Waals surface area contributed by atoms with Crippen molar-refractivity contribution in [1.29, 1.82) is 0 Å². The molecule has 2 nitrogen and oxygen atoms in total. The molecule has 0 heterocycles. The van der Waals surface area contributed by atoms with E-state index in [1.54, 1.807) is 0 Å². The summed E-state index contributed by atoms with van der Waals surface area (Å²) in [5, 5.41) is 0. The molecule has 0 bridgehead atoms. The van der Waals surface area contributed by atoms with Crippen LogP contribution in [-0.4, -0.2) is 69.0 Å². The molecule has 8 heteroatoms. The molecule has 190 valence electrons. The van der Waals surface area contributed by atoms with E-state index in [2.05, 4.69) is 60.3 Å². The molecule has 0 aliphatic rings. The average molecular weight is 557 g/mol. The Balaban J connectivity index is 4.16. The van der Waals surface area contributed by atoms with Crippen molar-refractivity contribution in [1.82, 2.24) is 9.80 Å². The van der Waals surface area contributed by atoms with Crippen molar-refractivity contribution in [2.24, 2.45) is 0 Å². The number of nitrogens with zero attached hydrogens (tertiary/aromatic N) is 2. The Kier molecular flexibility index (Phi) is 26.2. The Hall–Kier alpha value is 1.18. The van der Waals surface area contributed by atoms with Crippen LogP contribution in [0.15, 0.2) is 0 Å². The highest BCUT2D eigenvalue weighted by Gasteiger charge is 2.11. The summed E-state index contributed by atoms with van der Waals surface area (Å²) in [5.41, 5.74) is 0. The van der Waals surface area contributed by atoms with Crippen molar-refractivity contribution < 1.29 is 0 Å². The van der Waals surface area contributed by atoms with Crippen molar-refractivity contribution in [3.8, 4) is 0 Å². The van der Waals surface area contributed by atoms with Gasteiger partial charge in [-0.1, -0.05) is 37.3 Å². The minimum atomic E-state index is 0.959. The van der Waals surface area contributed by atoms with Gasteiger partial charge in [0.2, 0.25) is 0 Å². The molecule has 0 saturated carbocycles. The van der Waals surface area contributed by atoms with Crippen LogP contribution in [0.3, 0.4) is 0 Å². The Morgan fingerprint density at radius 3 is 0.938 bits per heavy atom. The predicted octanol–water partition coefficient (Wildman–Crippen LogP) is 7.43. The Labute approximate surface area is 232 Å². The number of hydrogen-bond acceptors (Lipinski definition) is 6. The van der Waals surface area contributed by atoms with Gasteiger partial charge in [-0.2, -0.15) is 50.5 Å². The molecule has 0 spiro atoms.